The molecule has 0 spiro atoms. The van der Waals surface area contributed by atoms with E-state index < -0.39 is 5.41 Å². The minimum atomic E-state index is -0.902. The maximum absolute atomic E-state index is 12.1. The standard InChI is InChI=1S/C12H15N3O2S/c13-8-12(2-5-17-6-3-12)11(16)14-4-1-10-7-18-9-15-10/h7,9H,1-6H2,(H,14,16). The monoisotopic (exact) mass is 265 g/mol. The van der Waals surface area contributed by atoms with Crippen LogP contribution in [0.1, 0.15) is 18.5 Å². The van der Waals surface area contributed by atoms with Crippen molar-refractivity contribution in [3.63, 3.8) is 0 Å². The van der Waals surface area contributed by atoms with E-state index in [0.29, 0.717) is 39.0 Å². The average molecular weight is 265 g/mol. The van der Waals surface area contributed by atoms with Crippen LogP contribution in [0, 0.1) is 16.7 Å². The Morgan fingerprint density at radius 3 is 3.00 bits per heavy atom. The van der Waals surface area contributed by atoms with Gasteiger partial charge in [0.15, 0.2) is 0 Å². The number of rotatable bonds is 4. The molecule has 5 nitrogen and oxygen atoms in total. The smallest absolute Gasteiger partial charge is 0.240 e. The molecule has 0 bridgehead atoms. The van der Waals surface area contributed by atoms with Crippen LogP contribution in [0.5, 0.6) is 0 Å². The summed E-state index contributed by atoms with van der Waals surface area (Å²) in [5.74, 6) is -0.177. The number of carbonyl (C=O) groups excluding carboxylic acids is 1. The van der Waals surface area contributed by atoms with E-state index in [1.165, 1.54) is 11.3 Å². The molecule has 1 N–H and O–H groups in total. The van der Waals surface area contributed by atoms with E-state index in [2.05, 4.69) is 16.4 Å². The summed E-state index contributed by atoms with van der Waals surface area (Å²) in [7, 11) is 0. The molecule has 1 aliphatic rings. The first-order chi connectivity index (χ1) is 8.77. The summed E-state index contributed by atoms with van der Waals surface area (Å²) in [6, 6.07) is 2.16. The number of thiazole rings is 1. The zero-order valence-corrected chi connectivity index (χ0v) is 10.8. The van der Waals surface area contributed by atoms with E-state index in [1.54, 1.807) is 5.51 Å². The molecule has 1 aromatic rings. The SMILES string of the molecule is N#CC1(C(=O)NCCc2cscn2)CCOCC1. The molecule has 0 saturated carbocycles. The van der Waals surface area contributed by atoms with Gasteiger partial charge in [-0.15, -0.1) is 11.3 Å². The Hall–Kier alpha value is -1.45. The molecule has 0 unspecified atom stereocenters. The quantitative estimate of drug-likeness (QED) is 0.885. The number of nitriles is 1. The topological polar surface area (TPSA) is 75.0 Å². The summed E-state index contributed by atoms with van der Waals surface area (Å²) in [4.78, 5) is 16.2. The molecule has 1 saturated heterocycles. The summed E-state index contributed by atoms with van der Waals surface area (Å²) < 4.78 is 5.20. The van der Waals surface area contributed by atoms with Gasteiger partial charge in [-0.25, -0.2) is 4.98 Å². The lowest BCUT2D eigenvalue weighted by Gasteiger charge is -2.29. The molecule has 0 aromatic carbocycles. The molecule has 18 heavy (non-hydrogen) atoms. The lowest BCUT2D eigenvalue weighted by molar-refractivity contribution is -0.132. The first-order valence-electron chi connectivity index (χ1n) is 5.91. The van der Waals surface area contributed by atoms with Crippen molar-refractivity contribution in [2.24, 2.45) is 5.41 Å². The maximum atomic E-state index is 12.1. The molecule has 0 radical (unpaired) electrons. The molecule has 1 aromatic heterocycles. The molecule has 1 fully saturated rings. The van der Waals surface area contributed by atoms with Crippen LogP contribution in [0.4, 0.5) is 0 Å². The molecule has 6 heteroatoms. The van der Waals surface area contributed by atoms with Crippen molar-refractivity contribution in [3.8, 4) is 6.07 Å². The minimum Gasteiger partial charge on any atom is -0.381 e. The number of aromatic nitrogens is 1. The Morgan fingerprint density at radius 1 is 1.61 bits per heavy atom. The number of hydrogen-bond acceptors (Lipinski definition) is 5. The van der Waals surface area contributed by atoms with Crippen molar-refractivity contribution in [1.82, 2.24) is 10.3 Å². The largest absolute Gasteiger partial charge is 0.381 e. The third-order valence-corrected chi connectivity index (χ3v) is 3.78. The Morgan fingerprint density at radius 2 is 2.39 bits per heavy atom. The number of carbonyl (C=O) groups is 1. The molecule has 96 valence electrons. The van der Waals surface area contributed by atoms with E-state index in [4.69, 9.17) is 4.74 Å². The highest BCUT2D eigenvalue weighted by molar-refractivity contribution is 7.07. The van der Waals surface area contributed by atoms with E-state index in [9.17, 15) is 10.1 Å². The van der Waals surface area contributed by atoms with Gasteiger partial charge in [-0.1, -0.05) is 0 Å². The number of amides is 1. The highest BCUT2D eigenvalue weighted by Crippen LogP contribution is 2.29. The van der Waals surface area contributed by atoms with Crippen molar-refractivity contribution in [1.29, 1.82) is 5.26 Å². The van der Waals surface area contributed by atoms with Gasteiger partial charge < -0.3 is 10.1 Å². The Balaban J connectivity index is 1.84. The van der Waals surface area contributed by atoms with E-state index in [-0.39, 0.29) is 5.91 Å². The first-order valence-corrected chi connectivity index (χ1v) is 6.85. The molecular weight excluding hydrogens is 250 g/mol. The number of nitrogens with one attached hydrogen (secondary N) is 1. The lowest BCUT2D eigenvalue weighted by Crippen LogP contribution is -2.44. The molecular formula is C12H15N3O2S. The number of hydrogen-bond donors (Lipinski definition) is 1. The third-order valence-electron chi connectivity index (χ3n) is 3.15. The molecule has 2 rings (SSSR count). The normalized spacial score (nSPS) is 17.9. The highest BCUT2D eigenvalue weighted by atomic mass is 32.1. The van der Waals surface area contributed by atoms with Gasteiger partial charge >= 0.3 is 0 Å². The Kier molecular flexibility index (Phi) is 4.28. The zero-order valence-electron chi connectivity index (χ0n) is 10.0. The van der Waals surface area contributed by atoms with E-state index >= 15 is 0 Å². The summed E-state index contributed by atoms with van der Waals surface area (Å²) in [5.41, 5.74) is 1.84. The van der Waals surface area contributed by atoms with Crippen molar-refractivity contribution in [2.45, 2.75) is 19.3 Å². The molecule has 1 aliphatic heterocycles. The van der Waals surface area contributed by atoms with Crippen LogP contribution in [0.25, 0.3) is 0 Å². The predicted octanol–water partition coefficient (Wildman–Crippen LogP) is 1.12. The second-order valence-electron chi connectivity index (χ2n) is 4.29. The van der Waals surface area contributed by atoms with Crippen molar-refractivity contribution < 1.29 is 9.53 Å². The molecule has 1 amide bonds. The second kappa shape index (κ2) is 5.94. The van der Waals surface area contributed by atoms with E-state index in [0.717, 1.165) is 5.69 Å². The predicted molar refractivity (Wildman–Crippen MR) is 66.9 cm³/mol. The van der Waals surface area contributed by atoms with Crippen LogP contribution in [-0.2, 0) is 16.0 Å². The summed E-state index contributed by atoms with van der Waals surface area (Å²) in [6.45, 7) is 1.48. The van der Waals surface area contributed by atoms with Crippen LogP contribution in [0.2, 0.25) is 0 Å². The minimum absolute atomic E-state index is 0.177. The van der Waals surface area contributed by atoms with Gasteiger partial charge in [0, 0.05) is 31.6 Å². The summed E-state index contributed by atoms with van der Waals surface area (Å²) >= 11 is 1.54. The maximum Gasteiger partial charge on any atom is 0.240 e. The Labute approximate surface area is 110 Å². The van der Waals surface area contributed by atoms with Crippen LogP contribution in [0.3, 0.4) is 0 Å². The number of nitrogens with zero attached hydrogens (tertiary/aromatic N) is 2. The van der Waals surface area contributed by atoms with Gasteiger partial charge in [0.2, 0.25) is 5.91 Å². The van der Waals surface area contributed by atoms with Gasteiger partial charge in [0.25, 0.3) is 0 Å². The van der Waals surface area contributed by atoms with Crippen molar-refractivity contribution >= 4 is 17.2 Å². The van der Waals surface area contributed by atoms with Gasteiger partial charge in [0.05, 0.1) is 17.3 Å². The van der Waals surface area contributed by atoms with Crippen molar-refractivity contribution in [3.05, 3.63) is 16.6 Å². The lowest BCUT2D eigenvalue weighted by atomic mass is 9.81. The Bertz CT molecular complexity index is 433. The van der Waals surface area contributed by atoms with Crippen LogP contribution in [-0.4, -0.2) is 30.6 Å². The van der Waals surface area contributed by atoms with Gasteiger partial charge in [-0.05, 0) is 12.8 Å². The highest BCUT2D eigenvalue weighted by Gasteiger charge is 2.40. The van der Waals surface area contributed by atoms with Crippen LogP contribution in [0.15, 0.2) is 10.9 Å². The number of ether oxygens (including phenoxy) is 1. The summed E-state index contributed by atoms with van der Waals surface area (Å²) in [5, 5.41) is 14.0. The fraction of sp³-hybridized carbons (Fsp3) is 0.583. The fourth-order valence-electron chi connectivity index (χ4n) is 1.94. The second-order valence-corrected chi connectivity index (χ2v) is 5.01. The van der Waals surface area contributed by atoms with Crippen LogP contribution >= 0.6 is 11.3 Å². The zero-order chi connectivity index (χ0) is 12.8. The molecule has 0 aliphatic carbocycles. The molecule has 0 atom stereocenters. The van der Waals surface area contributed by atoms with Crippen molar-refractivity contribution in [2.75, 3.05) is 19.8 Å². The van der Waals surface area contributed by atoms with Gasteiger partial charge in [-0.3, -0.25) is 4.79 Å². The van der Waals surface area contributed by atoms with E-state index in [1.807, 2.05) is 5.38 Å². The molecule has 2 heterocycles. The first kappa shape index (κ1) is 13.0. The van der Waals surface area contributed by atoms with Crippen LogP contribution < -0.4 is 5.32 Å². The fourth-order valence-corrected chi connectivity index (χ4v) is 2.54. The summed E-state index contributed by atoms with van der Waals surface area (Å²) in [6.07, 6.45) is 1.66. The average Bonchev–Trinajstić information content (AvgIpc) is 2.92. The van der Waals surface area contributed by atoms with Gasteiger partial charge in [0.1, 0.15) is 5.41 Å². The third kappa shape index (κ3) is 2.86. The van der Waals surface area contributed by atoms with Gasteiger partial charge in [-0.2, -0.15) is 5.26 Å².